The Morgan fingerprint density at radius 3 is 2.65 bits per heavy atom. The van der Waals surface area contributed by atoms with Crippen molar-refractivity contribution in [1.82, 2.24) is 5.32 Å². The van der Waals surface area contributed by atoms with Crippen molar-refractivity contribution in [3.05, 3.63) is 46.3 Å². The summed E-state index contributed by atoms with van der Waals surface area (Å²) in [6.45, 7) is 0.699. The van der Waals surface area contributed by atoms with Crippen molar-refractivity contribution in [2.24, 2.45) is 0 Å². The Bertz CT molecular complexity index is 790. The van der Waals surface area contributed by atoms with Crippen LogP contribution in [0.3, 0.4) is 0 Å². The molecular formula is C14H15ClN2O4S2. The highest BCUT2D eigenvalue weighted by molar-refractivity contribution is 7.94. The molecule has 0 saturated heterocycles. The predicted molar refractivity (Wildman–Crippen MR) is 90.8 cm³/mol. The van der Waals surface area contributed by atoms with Crippen molar-refractivity contribution in [2.45, 2.75) is 4.21 Å². The first-order valence-electron chi connectivity index (χ1n) is 6.58. The Balaban J connectivity index is 2.22. The fraction of sp³-hybridized carbons (Fsp3) is 0.214. The van der Waals surface area contributed by atoms with Gasteiger partial charge in [-0.2, -0.15) is 0 Å². The Labute approximate surface area is 143 Å². The monoisotopic (exact) mass is 374 g/mol. The predicted octanol–water partition coefficient (Wildman–Crippen LogP) is 2.58. The van der Waals surface area contributed by atoms with Crippen LogP contribution in [0.1, 0.15) is 10.4 Å². The van der Waals surface area contributed by atoms with Gasteiger partial charge in [0.05, 0.1) is 22.2 Å². The zero-order valence-corrected chi connectivity index (χ0v) is 14.6. The van der Waals surface area contributed by atoms with Crippen molar-refractivity contribution in [1.29, 1.82) is 0 Å². The van der Waals surface area contributed by atoms with E-state index in [0.717, 1.165) is 11.3 Å². The van der Waals surface area contributed by atoms with E-state index in [2.05, 4.69) is 10.0 Å². The molecule has 2 rings (SSSR count). The average molecular weight is 375 g/mol. The third kappa shape index (κ3) is 4.68. The smallest absolute Gasteiger partial charge is 0.271 e. The number of thiophene rings is 1. The van der Waals surface area contributed by atoms with Crippen LogP contribution in [0.25, 0.3) is 0 Å². The van der Waals surface area contributed by atoms with Gasteiger partial charge in [0.2, 0.25) is 0 Å². The molecule has 0 spiro atoms. The fourth-order valence-corrected chi connectivity index (χ4v) is 4.33. The standard InChI is InChI=1S/C14H15ClN2O4S2/c1-21-9-8-16-14(18)10-4-2-3-5-11(10)17-23(19,20)13-7-6-12(15)22-13/h2-7,17H,8-9H2,1H3,(H,16,18). The van der Waals surface area contributed by atoms with Gasteiger partial charge < -0.3 is 10.1 Å². The lowest BCUT2D eigenvalue weighted by Crippen LogP contribution is -2.28. The molecule has 6 nitrogen and oxygen atoms in total. The number of carbonyl (C=O) groups is 1. The normalized spacial score (nSPS) is 11.2. The van der Waals surface area contributed by atoms with Crippen LogP contribution in [-0.4, -0.2) is 34.6 Å². The number of hydrogen-bond donors (Lipinski definition) is 2. The van der Waals surface area contributed by atoms with Crippen molar-refractivity contribution in [2.75, 3.05) is 25.0 Å². The number of halogens is 1. The molecule has 0 saturated carbocycles. The Kier molecular flexibility index (Phi) is 6.00. The first-order valence-corrected chi connectivity index (χ1v) is 9.26. The Hall–Kier alpha value is -1.61. The molecule has 1 aromatic carbocycles. The van der Waals surface area contributed by atoms with Crippen LogP contribution in [-0.2, 0) is 14.8 Å². The Morgan fingerprint density at radius 2 is 2.00 bits per heavy atom. The molecule has 0 unspecified atom stereocenters. The molecule has 0 aliphatic rings. The molecule has 2 N–H and O–H groups in total. The third-order valence-corrected chi connectivity index (χ3v) is 5.91. The van der Waals surface area contributed by atoms with Gasteiger partial charge >= 0.3 is 0 Å². The lowest BCUT2D eigenvalue weighted by molar-refractivity contribution is 0.0938. The van der Waals surface area contributed by atoms with E-state index in [4.69, 9.17) is 16.3 Å². The second-order valence-corrected chi connectivity index (χ2v) is 8.08. The highest BCUT2D eigenvalue weighted by atomic mass is 35.5. The molecule has 0 aliphatic heterocycles. The minimum atomic E-state index is -3.79. The van der Waals surface area contributed by atoms with Crippen LogP contribution in [0.5, 0.6) is 0 Å². The maximum Gasteiger partial charge on any atom is 0.271 e. The number of carbonyl (C=O) groups excluding carboxylic acids is 1. The van der Waals surface area contributed by atoms with E-state index in [1.165, 1.54) is 25.3 Å². The molecular weight excluding hydrogens is 360 g/mol. The second-order valence-electron chi connectivity index (χ2n) is 4.46. The summed E-state index contributed by atoms with van der Waals surface area (Å²) in [6.07, 6.45) is 0. The molecule has 0 aliphatic carbocycles. The molecule has 23 heavy (non-hydrogen) atoms. The lowest BCUT2D eigenvalue weighted by atomic mass is 10.2. The minimum Gasteiger partial charge on any atom is -0.383 e. The first kappa shape index (κ1) is 17.7. The summed E-state index contributed by atoms with van der Waals surface area (Å²) in [6, 6.07) is 9.29. The van der Waals surface area contributed by atoms with E-state index in [-0.39, 0.29) is 21.4 Å². The van der Waals surface area contributed by atoms with Crippen LogP contribution in [0, 0.1) is 0 Å². The molecule has 1 amide bonds. The third-order valence-electron chi connectivity index (χ3n) is 2.82. The van der Waals surface area contributed by atoms with Crippen LogP contribution in [0.2, 0.25) is 4.34 Å². The van der Waals surface area contributed by atoms with Gasteiger partial charge in [-0.1, -0.05) is 23.7 Å². The second kappa shape index (κ2) is 7.78. The van der Waals surface area contributed by atoms with Crippen molar-refractivity contribution >= 4 is 44.6 Å². The van der Waals surface area contributed by atoms with Crippen LogP contribution in [0.4, 0.5) is 5.69 Å². The van der Waals surface area contributed by atoms with Gasteiger partial charge in [-0.05, 0) is 24.3 Å². The SMILES string of the molecule is COCCNC(=O)c1ccccc1NS(=O)(=O)c1ccc(Cl)s1. The number of nitrogens with one attached hydrogen (secondary N) is 2. The van der Waals surface area contributed by atoms with E-state index < -0.39 is 10.0 Å². The number of rotatable bonds is 7. The molecule has 124 valence electrons. The topological polar surface area (TPSA) is 84.5 Å². The first-order chi connectivity index (χ1) is 10.9. The largest absolute Gasteiger partial charge is 0.383 e. The summed E-state index contributed by atoms with van der Waals surface area (Å²) in [5, 5.41) is 2.65. The summed E-state index contributed by atoms with van der Waals surface area (Å²) >= 11 is 6.72. The van der Waals surface area contributed by atoms with Crippen molar-refractivity contribution < 1.29 is 17.9 Å². The highest BCUT2D eigenvalue weighted by Crippen LogP contribution is 2.28. The number of ether oxygens (including phenoxy) is 1. The van der Waals surface area contributed by atoms with Gasteiger partial charge in [-0.3, -0.25) is 9.52 Å². The van der Waals surface area contributed by atoms with E-state index in [0.29, 0.717) is 17.5 Å². The summed E-state index contributed by atoms with van der Waals surface area (Å²) in [4.78, 5) is 12.1. The molecule has 0 fully saturated rings. The summed E-state index contributed by atoms with van der Waals surface area (Å²) in [5.74, 6) is -0.385. The van der Waals surface area contributed by atoms with Gasteiger partial charge in [-0.15, -0.1) is 11.3 Å². The number of sulfonamides is 1. The molecule has 0 atom stereocenters. The van der Waals surface area contributed by atoms with E-state index in [1.54, 1.807) is 18.2 Å². The van der Waals surface area contributed by atoms with Crippen LogP contribution >= 0.6 is 22.9 Å². The van der Waals surface area contributed by atoms with Gasteiger partial charge in [-0.25, -0.2) is 8.42 Å². The number of hydrogen-bond acceptors (Lipinski definition) is 5. The van der Waals surface area contributed by atoms with Gasteiger partial charge in [0, 0.05) is 13.7 Å². The Morgan fingerprint density at radius 1 is 1.26 bits per heavy atom. The quantitative estimate of drug-likeness (QED) is 0.729. The fourth-order valence-electron chi connectivity index (χ4n) is 1.77. The van der Waals surface area contributed by atoms with E-state index in [1.807, 2.05) is 0 Å². The lowest BCUT2D eigenvalue weighted by Gasteiger charge is -2.11. The number of amides is 1. The number of methoxy groups -OCH3 is 1. The maximum absolute atomic E-state index is 12.3. The maximum atomic E-state index is 12.3. The number of para-hydroxylation sites is 1. The molecule has 9 heteroatoms. The molecule has 1 heterocycles. The summed E-state index contributed by atoms with van der Waals surface area (Å²) in [5.41, 5.74) is 0.432. The molecule has 0 bridgehead atoms. The van der Waals surface area contributed by atoms with Gasteiger partial charge in [0.25, 0.3) is 15.9 Å². The molecule has 1 aromatic heterocycles. The molecule has 0 radical (unpaired) electrons. The zero-order chi connectivity index (χ0) is 16.9. The minimum absolute atomic E-state index is 0.0806. The van der Waals surface area contributed by atoms with Crippen LogP contribution < -0.4 is 10.0 Å². The van der Waals surface area contributed by atoms with Crippen LogP contribution in [0.15, 0.2) is 40.6 Å². The van der Waals surface area contributed by atoms with Crippen molar-refractivity contribution in [3.8, 4) is 0 Å². The van der Waals surface area contributed by atoms with Crippen molar-refractivity contribution in [3.63, 3.8) is 0 Å². The van der Waals surface area contributed by atoms with E-state index >= 15 is 0 Å². The van der Waals surface area contributed by atoms with Gasteiger partial charge in [0.15, 0.2) is 0 Å². The number of anilines is 1. The summed E-state index contributed by atoms with van der Waals surface area (Å²) < 4.78 is 32.4. The summed E-state index contributed by atoms with van der Waals surface area (Å²) in [7, 11) is -2.27. The average Bonchev–Trinajstić information content (AvgIpc) is 2.95. The zero-order valence-electron chi connectivity index (χ0n) is 12.2. The van der Waals surface area contributed by atoms with E-state index in [9.17, 15) is 13.2 Å². The highest BCUT2D eigenvalue weighted by Gasteiger charge is 2.20. The number of benzene rings is 1. The van der Waals surface area contributed by atoms with Gasteiger partial charge in [0.1, 0.15) is 4.21 Å². The molecule has 2 aromatic rings.